The minimum atomic E-state index is 0.726. The highest BCUT2D eigenvalue weighted by molar-refractivity contribution is 5.80. The van der Waals surface area contributed by atoms with Crippen molar-refractivity contribution >= 4 is 10.9 Å². The summed E-state index contributed by atoms with van der Waals surface area (Å²) in [4.78, 5) is 0. The zero-order chi connectivity index (χ0) is 14.2. The zero-order valence-electron chi connectivity index (χ0n) is 12.2. The lowest BCUT2D eigenvalue weighted by Crippen LogP contribution is -2.15. The van der Waals surface area contributed by atoms with Crippen LogP contribution in [0.2, 0.25) is 0 Å². The third kappa shape index (κ3) is 2.72. The molecule has 0 amide bonds. The van der Waals surface area contributed by atoms with Gasteiger partial charge in [0.2, 0.25) is 0 Å². The summed E-state index contributed by atoms with van der Waals surface area (Å²) in [5.41, 5.74) is 3.51. The largest absolute Gasteiger partial charge is 0.359 e. The van der Waals surface area contributed by atoms with Crippen molar-refractivity contribution in [3.05, 3.63) is 53.5 Å². The van der Waals surface area contributed by atoms with Crippen LogP contribution in [0.25, 0.3) is 10.9 Å². The van der Waals surface area contributed by atoms with E-state index in [1.54, 1.807) is 0 Å². The predicted octanol–water partition coefficient (Wildman–Crippen LogP) is 3.24. The summed E-state index contributed by atoms with van der Waals surface area (Å²) in [7, 11) is 0. The Morgan fingerprint density at radius 2 is 2.19 bits per heavy atom. The third-order valence-electron chi connectivity index (χ3n) is 4.01. The number of nitrogens with one attached hydrogen (secondary N) is 1. The number of hydrogen-bond donors (Lipinski definition) is 1. The molecule has 0 saturated heterocycles. The number of nitrogens with zero attached hydrogens (tertiary/aromatic N) is 2. The lowest BCUT2D eigenvalue weighted by Gasteiger charge is -2.06. The van der Waals surface area contributed by atoms with E-state index in [4.69, 9.17) is 4.52 Å². The summed E-state index contributed by atoms with van der Waals surface area (Å²) in [6.45, 7) is 3.62. The summed E-state index contributed by atoms with van der Waals surface area (Å²) in [5.74, 6) is 0.895. The van der Waals surface area contributed by atoms with Crippen molar-refractivity contribution in [1.29, 1.82) is 0 Å². The van der Waals surface area contributed by atoms with Gasteiger partial charge in [0.25, 0.3) is 0 Å². The maximum Gasteiger partial charge on any atom is 0.156 e. The molecule has 2 aromatic heterocycles. The SMILES string of the molecule is Cc1cc(Cn2ccc3ccc(CNC4CC4)cc32)on1. The Hall–Kier alpha value is -2.07. The minimum absolute atomic E-state index is 0.726. The van der Waals surface area contributed by atoms with Crippen molar-refractivity contribution in [2.24, 2.45) is 0 Å². The lowest BCUT2D eigenvalue weighted by molar-refractivity contribution is 0.374. The van der Waals surface area contributed by atoms with Crippen LogP contribution in [0.1, 0.15) is 29.9 Å². The average Bonchev–Trinajstić information content (AvgIpc) is 3.12. The van der Waals surface area contributed by atoms with Crippen molar-refractivity contribution in [3.63, 3.8) is 0 Å². The first-order valence-corrected chi connectivity index (χ1v) is 7.51. The van der Waals surface area contributed by atoms with E-state index in [-0.39, 0.29) is 0 Å². The van der Waals surface area contributed by atoms with Crippen LogP contribution in [-0.2, 0) is 13.1 Å². The number of rotatable bonds is 5. The standard InChI is InChI=1S/C17H19N3O/c1-12-8-16(21-19-12)11-20-7-6-14-3-2-13(9-17(14)20)10-18-15-4-5-15/h2-3,6-9,15,18H,4-5,10-11H2,1H3. The summed E-state index contributed by atoms with van der Waals surface area (Å²) in [6, 6.07) is 11.6. The Bertz CT molecular complexity index is 767. The van der Waals surface area contributed by atoms with Crippen LogP contribution in [0.15, 0.2) is 41.1 Å². The molecule has 1 saturated carbocycles. The van der Waals surface area contributed by atoms with Gasteiger partial charge in [0.05, 0.1) is 12.2 Å². The first-order valence-electron chi connectivity index (χ1n) is 7.51. The first kappa shape index (κ1) is 12.7. The fraction of sp³-hybridized carbons (Fsp3) is 0.353. The lowest BCUT2D eigenvalue weighted by atomic mass is 10.1. The van der Waals surface area contributed by atoms with Gasteiger partial charge in [0.1, 0.15) is 0 Å². The van der Waals surface area contributed by atoms with Gasteiger partial charge in [-0.05, 0) is 42.8 Å². The van der Waals surface area contributed by atoms with E-state index in [1.807, 2.05) is 13.0 Å². The van der Waals surface area contributed by atoms with Gasteiger partial charge in [-0.2, -0.15) is 0 Å². The second kappa shape index (κ2) is 5.04. The van der Waals surface area contributed by atoms with E-state index < -0.39 is 0 Å². The molecular formula is C17H19N3O. The van der Waals surface area contributed by atoms with Crippen LogP contribution in [0.5, 0.6) is 0 Å². The molecule has 4 rings (SSSR count). The molecule has 2 heterocycles. The van der Waals surface area contributed by atoms with Gasteiger partial charge >= 0.3 is 0 Å². The van der Waals surface area contributed by atoms with Crippen LogP contribution >= 0.6 is 0 Å². The van der Waals surface area contributed by atoms with E-state index in [9.17, 15) is 0 Å². The maximum atomic E-state index is 5.32. The number of fused-ring (bicyclic) bond motifs is 1. The zero-order valence-corrected chi connectivity index (χ0v) is 12.2. The molecule has 1 fully saturated rings. The van der Waals surface area contributed by atoms with Gasteiger partial charge in [0.15, 0.2) is 5.76 Å². The molecule has 3 aromatic rings. The van der Waals surface area contributed by atoms with Crippen molar-refractivity contribution in [1.82, 2.24) is 15.0 Å². The molecular weight excluding hydrogens is 262 g/mol. The second-order valence-corrected chi connectivity index (χ2v) is 5.93. The smallest absolute Gasteiger partial charge is 0.156 e. The molecule has 0 spiro atoms. The Balaban J connectivity index is 1.60. The predicted molar refractivity (Wildman–Crippen MR) is 82.1 cm³/mol. The summed E-state index contributed by atoms with van der Waals surface area (Å²) in [6.07, 6.45) is 4.76. The molecule has 1 N–H and O–H groups in total. The highest BCUT2D eigenvalue weighted by atomic mass is 16.5. The number of benzene rings is 1. The topological polar surface area (TPSA) is 43.0 Å². The van der Waals surface area contributed by atoms with Crippen LogP contribution in [0.3, 0.4) is 0 Å². The van der Waals surface area contributed by atoms with E-state index >= 15 is 0 Å². The third-order valence-corrected chi connectivity index (χ3v) is 4.01. The van der Waals surface area contributed by atoms with E-state index in [0.717, 1.165) is 30.6 Å². The summed E-state index contributed by atoms with van der Waals surface area (Å²) in [5, 5.41) is 8.78. The molecule has 1 aromatic carbocycles. The van der Waals surface area contributed by atoms with Crippen molar-refractivity contribution in [2.45, 2.75) is 38.9 Å². The van der Waals surface area contributed by atoms with Crippen LogP contribution < -0.4 is 5.32 Å². The van der Waals surface area contributed by atoms with E-state index in [0.29, 0.717) is 0 Å². The van der Waals surface area contributed by atoms with E-state index in [2.05, 4.69) is 45.5 Å². The Morgan fingerprint density at radius 1 is 1.29 bits per heavy atom. The molecule has 1 aliphatic carbocycles. The average molecular weight is 281 g/mol. The Labute approximate surface area is 123 Å². The maximum absolute atomic E-state index is 5.32. The Kier molecular flexibility index (Phi) is 3.04. The summed E-state index contributed by atoms with van der Waals surface area (Å²) < 4.78 is 7.54. The molecule has 0 bridgehead atoms. The molecule has 21 heavy (non-hydrogen) atoms. The number of hydrogen-bond acceptors (Lipinski definition) is 3. The normalized spacial score (nSPS) is 14.9. The monoisotopic (exact) mass is 281 g/mol. The van der Waals surface area contributed by atoms with Gasteiger partial charge in [-0.1, -0.05) is 17.3 Å². The quantitative estimate of drug-likeness (QED) is 0.780. The molecule has 0 atom stereocenters. The Morgan fingerprint density at radius 3 is 2.95 bits per heavy atom. The highest BCUT2D eigenvalue weighted by Crippen LogP contribution is 2.22. The number of aryl methyl sites for hydroxylation is 1. The molecule has 4 nitrogen and oxygen atoms in total. The van der Waals surface area contributed by atoms with Crippen LogP contribution in [0, 0.1) is 6.92 Å². The second-order valence-electron chi connectivity index (χ2n) is 5.93. The highest BCUT2D eigenvalue weighted by Gasteiger charge is 2.19. The van der Waals surface area contributed by atoms with Gasteiger partial charge in [-0.15, -0.1) is 0 Å². The fourth-order valence-corrected chi connectivity index (χ4v) is 2.69. The molecule has 1 aliphatic rings. The van der Waals surface area contributed by atoms with Gasteiger partial charge in [-0.25, -0.2) is 0 Å². The summed E-state index contributed by atoms with van der Waals surface area (Å²) >= 11 is 0. The molecule has 0 unspecified atom stereocenters. The van der Waals surface area contributed by atoms with Gasteiger partial charge in [-0.3, -0.25) is 0 Å². The van der Waals surface area contributed by atoms with E-state index in [1.165, 1.54) is 29.3 Å². The van der Waals surface area contributed by atoms with Crippen molar-refractivity contribution in [2.75, 3.05) is 0 Å². The fourth-order valence-electron chi connectivity index (χ4n) is 2.69. The molecule has 108 valence electrons. The van der Waals surface area contributed by atoms with Crippen LogP contribution in [0.4, 0.5) is 0 Å². The van der Waals surface area contributed by atoms with Gasteiger partial charge in [0, 0.05) is 30.4 Å². The minimum Gasteiger partial charge on any atom is -0.359 e. The van der Waals surface area contributed by atoms with Crippen molar-refractivity contribution < 1.29 is 4.52 Å². The van der Waals surface area contributed by atoms with Gasteiger partial charge < -0.3 is 14.4 Å². The molecule has 0 aliphatic heterocycles. The van der Waals surface area contributed by atoms with Crippen LogP contribution in [-0.4, -0.2) is 15.8 Å². The van der Waals surface area contributed by atoms with Crippen molar-refractivity contribution in [3.8, 4) is 0 Å². The molecule has 0 radical (unpaired) electrons. The molecule has 4 heteroatoms. The number of aromatic nitrogens is 2. The first-order chi connectivity index (χ1) is 10.3.